The van der Waals surface area contributed by atoms with Gasteiger partial charge in [0.15, 0.2) is 0 Å². The lowest BCUT2D eigenvalue weighted by molar-refractivity contribution is -0.122. The molecule has 2 aromatic rings. The van der Waals surface area contributed by atoms with Crippen molar-refractivity contribution in [1.82, 2.24) is 5.32 Å². The van der Waals surface area contributed by atoms with E-state index >= 15 is 0 Å². The van der Waals surface area contributed by atoms with Gasteiger partial charge in [0.25, 0.3) is 0 Å². The Kier molecular flexibility index (Phi) is 7.38. The second kappa shape index (κ2) is 9.83. The normalized spacial score (nSPS) is 17.0. The van der Waals surface area contributed by atoms with Gasteiger partial charge in [-0.25, -0.2) is 8.42 Å². The topological polar surface area (TPSA) is 75.7 Å². The molecular formula is C24H32N2O4S. The van der Waals surface area contributed by atoms with Crippen LogP contribution >= 0.6 is 0 Å². The summed E-state index contributed by atoms with van der Waals surface area (Å²) in [6.45, 7) is 5.50. The molecule has 2 aromatic carbocycles. The van der Waals surface area contributed by atoms with Crippen LogP contribution < -0.4 is 9.62 Å². The molecule has 1 N–H and O–H groups in total. The molecule has 1 heterocycles. The predicted molar refractivity (Wildman–Crippen MR) is 124 cm³/mol. The van der Waals surface area contributed by atoms with Gasteiger partial charge in [-0.15, -0.1) is 0 Å². The van der Waals surface area contributed by atoms with Crippen molar-refractivity contribution in [3.8, 4) is 0 Å². The molecule has 1 aliphatic rings. The molecule has 168 valence electrons. The third-order valence-corrected chi connectivity index (χ3v) is 7.24. The maximum atomic E-state index is 13.3. The number of aryl methyl sites for hydroxylation is 1. The van der Waals surface area contributed by atoms with Gasteiger partial charge in [0, 0.05) is 25.2 Å². The molecule has 1 amide bonds. The average molecular weight is 445 g/mol. The van der Waals surface area contributed by atoms with Crippen molar-refractivity contribution in [3.05, 3.63) is 65.7 Å². The summed E-state index contributed by atoms with van der Waals surface area (Å²) in [5.41, 5.74) is 2.48. The summed E-state index contributed by atoms with van der Waals surface area (Å²) in [4.78, 5) is 13.3. The molecule has 1 aliphatic heterocycles. The van der Waals surface area contributed by atoms with Crippen molar-refractivity contribution in [2.24, 2.45) is 0 Å². The number of rotatable bonds is 8. The van der Waals surface area contributed by atoms with Gasteiger partial charge in [0.05, 0.1) is 11.9 Å². The van der Waals surface area contributed by atoms with E-state index in [0.717, 1.165) is 24.7 Å². The molecule has 1 unspecified atom stereocenters. The van der Waals surface area contributed by atoms with Crippen LogP contribution in [0.15, 0.2) is 54.6 Å². The van der Waals surface area contributed by atoms with Crippen molar-refractivity contribution in [2.75, 3.05) is 30.3 Å². The van der Waals surface area contributed by atoms with Crippen LogP contribution in [0.2, 0.25) is 0 Å². The van der Waals surface area contributed by atoms with E-state index in [1.807, 2.05) is 44.2 Å². The van der Waals surface area contributed by atoms with E-state index in [1.165, 1.54) is 9.87 Å². The lowest BCUT2D eigenvalue weighted by Crippen LogP contribution is -2.52. The fourth-order valence-corrected chi connectivity index (χ4v) is 5.46. The molecule has 0 spiro atoms. The molecule has 0 saturated carbocycles. The fourth-order valence-electron chi connectivity index (χ4n) is 4.25. The molecule has 0 radical (unpaired) electrons. The molecule has 0 aromatic heterocycles. The number of carbonyl (C=O) groups is 1. The predicted octanol–water partition coefficient (Wildman–Crippen LogP) is 3.40. The van der Waals surface area contributed by atoms with Crippen LogP contribution in [0.3, 0.4) is 0 Å². The van der Waals surface area contributed by atoms with Crippen molar-refractivity contribution in [3.63, 3.8) is 0 Å². The van der Waals surface area contributed by atoms with Crippen LogP contribution in [0.25, 0.3) is 0 Å². The Morgan fingerprint density at radius 3 is 2.26 bits per heavy atom. The summed E-state index contributed by atoms with van der Waals surface area (Å²) < 4.78 is 32.1. The molecule has 1 saturated heterocycles. The van der Waals surface area contributed by atoms with Gasteiger partial charge in [-0.1, -0.05) is 55.0 Å². The molecule has 0 bridgehead atoms. The number of sulfonamides is 1. The zero-order valence-electron chi connectivity index (χ0n) is 18.5. The highest BCUT2D eigenvalue weighted by atomic mass is 32.2. The van der Waals surface area contributed by atoms with Crippen molar-refractivity contribution >= 4 is 21.6 Å². The first-order chi connectivity index (χ1) is 14.8. The third kappa shape index (κ3) is 5.46. The van der Waals surface area contributed by atoms with Gasteiger partial charge in [0.1, 0.15) is 6.04 Å². The van der Waals surface area contributed by atoms with Crippen LogP contribution in [0.5, 0.6) is 0 Å². The Morgan fingerprint density at radius 1 is 1.10 bits per heavy atom. The molecule has 1 fully saturated rings. The van der Waals surface area contributed by atoms with Crippen molar-refractivity contribution < 1.29 is 17.9 Å². The maximum Gasteiger partial charge on any atom is 0.243 e. The first kappa shape index (κ1) is 23.3. The van der Waals surface area contributed by atoms with Crippen LogP contribution in [-0.4, -0.2) is 46.4 Å². The van der Waals surface area contributed by atoms with Gasteiger partial charge in [-0.3, -0.25) is 9.10 Å². The van der Waals surface area contributed by atoms with Crippen LogP contribution in [-0.2, 0) is 25.0 Å². The summed E-state index contributed by atoms with van der Waals surface area (Å²) in [6.07, 6.45) is 3.13. The summed E-state index contributed by atoms with van der Waals surface area (Å²) in [7, 11) is -3.65. The smallest absolute Gasteiger partial charge is 0.243 e. The van der Waals surface area contributed by atoms with Crippen LogP contribution in [0.4, 0.5) is 5.69 Å². The highest BCUT2D eigenvalue weighted by molar-refractivity contribution is 7.92. The van der Waals surface area contributed by atoms with Gasteiger partial charge in [-0.2, -0.15) is 0 Å². The average Bonchev–Trinajstić information content (AvgIpc) is 2.77. The second-order valence-electron chi connectivity index (χ2n) is 8.29. The van der Waals surface area contributed by atoms with Crippen LogP contribution in [0, 0.1) is 6.92 Å². The third-order valence-electron chi connectivity index (χ3n) is 6.06. The Hall–Kier alpha value is -2.38. The molecule has 3 rings (SSSR count). The second-order valence-corrected chi connectivity index (χ2v) is 10.2. The lowest BCUT2D eigenvalue weighted by atomic mass is 9.74. The summed E-state index contributed by atoms with van der Waals surface area (Å²) in [5.74, 6) is -0.282. The minimum absolute atomic E-state index is 0.215. The number of carbonyl (C=O) groups excluding carboxylic acids is 1. The van der Waals surface area contributed by atoms with E-state index in [4.69, 9.17) is 4.74 Å². The summed E-state index contributed by atoms with van der Waals surface area (Å²) >= 11 is 0. The number of hydrogen-bond acceptors (Lipinski definition) is 4. The number of ether oxygens (including phenoxy) is 1. The quantitative estimate of drug-likeness (QED) is 0.677. The van der Waals surface area contributed by atoms with Gasteiger partial charge < -0.3 is 10.1 Å². The number of nitrogens with one attached hydrogen (secondary N) is 1. The standard InChI is InChI=1S/C24H32N2O4S/c1-4-22(26(31(3,28)29)21-12-10-19(2)11-13-21)23(27)25-18-24(14-16-30-17-15-24)20-8-6-5-7-9-20/h5-13,22H,4,14-18H2,1-3H3,(H,25,27). The van der Waals surface area contributed by atoms with E-state index < -0.39 is 16.1 Å². The first-order valence-corrected chi connectivity index (χ1v) is 12.6. The van der Waals surface area contributed by atoms with Gasteiger partial charge in [0.2, 0.25) is 15.9 Å². The van der Waals surface area contributed by atoms with Gasteiger partial charge in [-0.05, 0) is 43.9 Å². The Bertz CT molecular complexity index is 968. The van der Waals surface area contributed by atoms with E-state index in [-0.39, 0.29) is 11.3 Å². The van der Waals surface area contributed by atoms with E-state index in [2.05, 4.69) is 17.4 Å². The van der Waals surface area contributed by atoms with Crippen LogP contribution in [0.1, 0.15) is 37.3 Å². The molecule has 7 heteroatoms. The van der Waals surface area contributed by atoms with Gasteiger partial charge >= 0.3 is 0 Å². The largest absolute Gasteiger partial charge is 0.381 e. The van der Waals surface area contributed by atoms with Crippen molar-refractivity contribution in [2.45, 2.75) is 44.6 Å². The molecule has 1 atom stereocenters. The summed E-state index contributed by atoms with van der Waals surface area (Å²) in [6, 6.07) is 16.5. The number of nitrogens with zero attached hydrogens (tertiary/aromatic N) is 1. The van der Waals surface area contributed by atoms with Crippen molar-refractivity contribution in [1.29, 1.82) is 0 Å². The number of amides is 1. The highest BCUT2D eigenvalue weighted by Gasteiger charge is 2.37. The lowest BCUT2D eigenvalue weighted by Gasteiger charge is -2.39. The minimum atomic E-state index is -3.65. The Labute approximate surface area is 185 Å². The van der Waals surface area contributed by atoms with E-state index in [0.29, 0.717) is 31.9 Å². The zero-order chi connectivity index (χ0) is 22.5. The fraction of sp³-hybridized carbons (Fsp3) is 0.458. The monoisotopic (exact) mass is 444 g/mol. The molecule has 0 aliphatic carbocycles. The summed E-state index contributed by atoms with van der Waals surface area (Å²) in [5, 5.41) is 3.08. The zero-order valence-corrected chi connectivity index (χ0v) is 19.3. The Morgan fingerprint density at radius 2 is 1.71 bits per heavy atom. The first-order valence-electron chi connectivity index (χ1n) is 10.7. The molecule has 6 nitrogen and oxygen atoms in total. The maximum absolute atomic E-state index is 13.3. The minimum Gasteiger partial charge on any atom is -0.381 e. The highest BCUT2D eigenvalue weighted by Crippen LogP contribution is 2.34. The number of anilines is 1. The Balaban J connectivity index is 1.84. The van der Waals surface area contributed by atoms with E-state index in [9.17, 15) is 13.2 Å². The molecular weight excluding hydrogens is 412 g/mol. The number of benzene rings is 2. The molecule has 31 heavy (non-hydrogen) atoms. The number of hydrogen-bond donors (Lipinski definition) is 1. The SMILES string of the molecule is CCC(C(=O)NCC1(c2ccccc2)CCOCC1)N(c1ccc(C)cc1)S(C)(=O)=O. The van der Waals surface area contributed by atoms with E-state index in [1.54, 1.807) is 12.1 Å².